The molecule has 0 bridgehead atoms. The average Bonchev–Trinajstić information content (AvgIpc) is 2.35. The third-order valence-electron chi connectivity index (χ3n) is 2.40. The first kappa shape index (κ1) is 18.7. The lowest BCUT2D eigenvalue weighted by Crippen LogP contribution is -2.44. The lowest BCUT2D eigenvalue weighted by atomic mass is 9.95. The number of rotatable bonds is 4. The highest BCUT2D eigenvalue weighted by Crippen LogP contribution is 2.42. The molecule has 0 atom stereocenters. The third-order valence-corrected chi connectivity index (χ3v) is 3.43. The van der Waals surface area contributed by atoms with Crippen LogP contribution < -0.4 is 0 Å². The Morgan fingerprint density at radius 2 is 1.50 bits per heavy atom. The van der Waals surface area contributed by atoms with Crippen LogP contribution in [0.5, 0.6) is 0 Å². The summed E-state index contributed by atoms with van der Waals surface area (Å²) >= 11 is 0.598. The molecule has 0 aliphatic rings. The van der Waals surface area contributed by atoms with Gasteiger partial charge in [-0.15, -0.1) is 0 Å². The van der Waals surface area contributed by atoms with Crippen molar-refractivity contribution in [2.24, 2.45) is 5.41 Å². The van der Waals surface area contributed by atoms with Crippen molar-refractivity contribution in [3.8, 4) is 0 Å². The van der Waals surface area contributed by atoms with Gasteiger partial charge in [-0.3, -0.25) is 4.79 Å². The lowest BCUT2D eigenvalue weighted by molar-refractivity contribution is -0.266. The number of hydrogen-bond acceptors (Lipinski definition) is 2. The predicted octanol–water partition coefficient (Wildman–Crippen LogP) is 5.48. The van der Waals surface area contributed by atoms with Crippen molar-refractivity contribution < 1.29 is 26.7 Å². The minimum Gasteiger partial charge on any atom is -0.286 e. The zero-order valence-electron chi connectivity index (χ0n) is 12.2. The summed E-state index contributed by atoms with van der Waals surface area (Å²) in [4.78, 5) is 11.5. The molecule has 0 radical (unpaired) electrons. The van der Waals surface area contributed by atoms with E-state index in [0.717, 1.165) is 6.08 Å². The largest absolute Gasteiger partial charge is 0.461 e. The van der Waals surface area contributed by atoms with Crippen LogP contribution in [0.2, 0.25) is 0 Å². The zero-order valence-corrected chi connectivity index (χ0v) is 13.0. The van der Waals surface area contributed by atoms with Crippen LogP contribution in [-0.2, 0) is 4.79 Å². The Balaban J connectivity index is 3.23. The van der Waals surface area contributed by atoms with Crippen LogP contribution in [0, 0.1) is 5.41 Å². The monoisotopic (exact) mass is 338 g/mol. The Hall–Kier alpha value is -1.37. The number of hydrogen-bond donors (Lipinski definition) is 0. The molecule has 0 heterocycles. The molecule has 1 aromatic rings. The first-order valence-corrected chi connectivity index (χ1v) is 7.11. The van der Waals surface area contributed by atoms with E-state index < -0.39 is 28.2 Å². The maximum atomic E-state index is 13.3. The van der Waals surface area contributed by atoms with Crippen LogP contribution in [-0.4, -0.2) is 17.9 Å². The second-order valence-electron chi connectivity index (χ2n) is 5.69. The maximum absolute atomic E-state index is 13.3. The standard InChI is InChI=1S/C15H15F5OS/c1-13(2,3)9-11(22-10-7-5-4-6-8-10)12(21)14(16,17)15(18,19)20/h4-9H,1-3H3/b11-9-. The lowest BCUT2D eigenvalue weighted by Gasteiger charge is -2.21. The van der Waals surface area contributed by atoms with Crippen molar-refractivity contribution in [2.45, 2.75) is 37.8 Å². The average molecular weight is 338 g/mol. The van der Waals surface area contributed by atoms with Crippen molar-refractivity contribution in [3.63, 3.8) is 0 Å². The molecule has 22 heavy (non-hydrogen) atoms. The number of allylic oxidation sites excluding steroid dienone is 2. The van der Waals surface area contributed by atoms with Gasteiger partial charge in [0, 0.05) is 4.90 Å². The van der Waals surface area contributed by atoms with Gasteiger partial charge in [0.15, 0.2) is 0 Å². The molecule has 0 aliphatic carbocycles. The maximum Gasteiger partial charge on any atom is 0.461 e. The first-order valence-electron chi connectivity index (χ1n) is 6.30. The van der Waals surface area contributed by atoms with Crippen molar-refractivity contribution in [2.75, 3.05) is 0 Å². The fourth-order valence-corrected chi connectivity index (χ4v) is 2.61. The van der Waals surface area contributed by atoms with E-state index in [0.29, 0.717) is 16.7 Å². The summed E-state index contributed by atoms with van der Waals surface area (Å²) < 4.78 is 63.9. The minimum absolute atomic E-state index is 0.407. The van der Waals surface area contributed by atoms with Gasteiger partial charge in [-0.2, -0.15) is 22.0 Å². The molecule has 0 N–H and O–H groups in total. The number of ketones is 1. The van der Waals surface area contributed by atoms with Gasteiger partial charge in [-0.05, 0) is 17.5 Å². The third kappa shape index (κ3) is 4.83. The smallest absolute Gasteiger partial charge is 0.286 e. The molecule has 7 heteroatoms. The number of benzene rings is 1. The van der Waals surface area contributed by atoms with Gasteiger partial charge < -0.3 is 0 Å². The summed E-state index contributed by atoms with van der Waals surface area (Å²) in [5.74, 6) is -7.64. The molecular formula is C15H15F5OS. The Morgan fingerprint density at radius 1 is 1.00 bits per heavy atom. The highest BCUT2D eigenvalue weighted by Gasteiger charge is 2.63. The molecular weight excluding hydrogens is 323 g/mol. The van der Waals surface area contributed by atoms with E-state index in [1.165, 1.54) is 12.1 Å². The van der Waals surface area contributed by atoms with Crippen molar-refractivity contribution >= 4 is 17.5 Å². The van der Waals surface area contributed by atoms with Gasteiger partial charge in [0.05, 0.1) is 4.91 Å². The van der Waals surface area contributed by atoms with Crippen LogP contribution in [0.3, 0.4) is 0 Å². The number of Topliss-reactive ketones (excluding diaryl/α,β-unsaturated/α-hetero) is 1. The van der Waals surface area contributed by atoms with Gasteiger partial charge in [0.25, 0.3) is 0 Å². The molecule has 122 valence electrons. The fraction of sp³-hybridized carbons (Fsp3) is 0.400. The van der Waals surface area contributed by atoms with Gasteiger partial charge in [-0.25, -0.2) is 0 Å². The van der Waals surface area contributed by atoms with E-state index in [9.17, 15) is 26.7 Å². The van der Waals surface area contributed by atoms with E-state index in [1.54, 1.807) is 39.0 Å². The Morgan fingerprint density at radius 3 is 1.91 bits per heavy atom. The van der Waals surface area contributed by atoms with E-state index in [4.69, 9.17) is 0 Å². The van der Waals surface area contributed by atoms with Crippen LogP contribution >= 0.6 is 11.8 Å². The Labute approximate surface area is 129 Å². The van der Waals surface area contributed by atoms with Crippen molar-refractivity contribution in [1.29, 1.82) is 0 Å². The van der Waals surface area contributed by atoms with Gasteiger partial charge in [0.2, 0.25) is 5.78 Å². The summed E-state index contributed by atoms with van der Waals surface area (Å²) in [6.07, 6.45) is -4.79. The second-order valence-corrected chi connectivity index (χ2v) is 6.81. The molecule has 0 amide bonds. The van der Waals surface area contributed by atoms with Crippen LogP contribution in [0.15, 0.2) is 46.2 Å². The fourth-order valence-electron chi connectivity index (χ4n) is 1.43. The molecule has 0 aromatic heterocycles. The van der Waals surface area contributed by atoms with Crippen LogP contribution in [0.4, 0.5) is 22.0 Å². The molecule has 0 fully saturated rings. The molecule has 1 rings (SSSR count). The number of thioether (sulfide) groups is 1. The van der Waals surface area contributed by atoms with Gasteiger partial charge in [-0.1, -0.05) is 56.8 Å². The highest BCUT2D eigenvalue weighted by atomic mass is 32.2. The van der Waals surface area contributed by atoms with E-state index in [-0.39, 0.29) is 0 Å². The number of carbonyl (C=O) groups is 1. The molecule has 0 unspecified atom stereocenters. The SMILES string of the molecule is CC(C)(C)/C=C(\Sc1ccccc1)C(=O)C(F)(F)C(F)(F)F. The Kier molecular flexibility index (Phi) is 5.43. The van der Waals surface area contributed by atoms with Gasteiger partial charge >= 0.3 is 12.1 Å². The molecule has 0 saturated carbocycles. The molecule has 1 aromatic carbocycles. The predicted molar refractivity (Wildman–Crippen MR) is 75.8 cm³/mol. The van der Waals surface area contributed by atoms with E-state index in [1.807, 2.05) is 0 Å². The molecule has 0 saturated heterocycles. The zero-order chi connectivity index (χ0) is 17.2. The molecule has 0 aliphatic heterocycles. The van der Waals surface area contributed by atoms with E-state index >= 15 is 0 Å². The highest BCUT2D eigenvalue weighted by molar-refractivity contribution is 8.04. The number of carbonyl (C=O) groups excluding carboxylic acids is 1. The summed E-state index contributed by atoms with van der Waals surface area (Å²) in [5, 5.41) is 0. The topological polar surface area (TPSA) is 17.1 Å². The number of halogens is 5. The molecule has 0 spiro atoms. The summed E-state index contributed by atoms with van der Waals surface area (Å²) in [6, 6.07) is 7.93. The van der Waals surface area contributed by atoms with Crippen molar-refractivity contribution in [3.05, 3.63) is 41.3 Å². The summed E-state index contributed by atoms with van der Waals surface area (Å²) in [5.41, 5.74) is -0.728. The van der Waals surface area contributed by atoms with Crippen molar-refractivity contribution in [1.82, 2.24) is 0 Å². The molecule has 1 nitrogen and oxygen atoms in total. The van der Waals surface area contributed by atoms with Crippen LogP contribution in [0.1, 0.15) is 20.8 Å². The van der Waals surface area contributed by atoms with Gasteiger partial charge in [0.1, 0.15) is 0 Å². The second kappa shape index (κ2) is 6.40. The Bertz CT molecular complexity index is 556. The quantitative estimate of drug-likeness (QED) is 0.411. The minimum atomic E-state index is -5.92. The summed E-state index contributed by atoms with van der Waals surface area (Å²) in [6.45, 7) is 4.83. The van der Waals surface area contributed by atoms with E-state index in [2.05, 4.69) is 0 Å². The summed E-state index contributed by atoms with van der Waals surface area (Å²) in [7, 11) is 0. The number of alkyl halides is 5. The normalized spacial score (nSPS) is 14.1. The first-order chi connectivity index (χ1) is 9.84. The van der Waals surface area contributed by atoms with Crippen LogP contribution in [0.25, 0.3) is 0 Å².